The molecule has 5 nitrogen and oxygen atoms in total. The lowest BCUT2D eigenvalue weighted by atomic mass is 9.96. The molecule has 24 heavy (non-hydrogen) atoms. The molecule has 0 saturated carbocycles. The summed E-state index contributed by atoms with van der Waals surface area (Å²) in [5, 5.41) is 2.96. The average molecular weight is 336 g/mol. The maximum Gasteiger partial charge on any atom is 0.256 e. The Balaban J connectivity index is 2.79. The summed E-state index contributed by atoms with van der Waals surface area (Å²) in [6, 6.07) is 3.62. The minimum absolute atomic E-state index is 0.118. The molecule has 0 spiro atoms. The van der Waals surface area contributed by atoms with Crippen LogP contribution >= 0.6 is 0 Å². The lowest BCUT2D eigenvalue weighted by Gasteiger charge is -2.28. The molecule has 1 rings (SSSR count). The second-order valence-corrected chi connectivity index (χ2v) is 6.21. The van der Waals surface area contributed by atoms with Gasteiger partial charge < -0.3 is 14.8 Å². The summed E-state index contributed by atoms with van der Waals surface area (Å²) in [6.07, 6.45) is 4.84. The van der Waals surface area contributed by atoms with Crippen LogP contribution in [0.25, 0.3) is 0 Å². The molecular formula is C19H32N2O3. The highest BCUT2D eigenvalue weighted by atomic mass is 16.5. The van der Waals surface area contributed by atoms with Gasteiger partial charge in [0.05, 0.1) is 18.0 Å². The van der Waals surface area contributed by atoms with E-state index in [1.54, 1.807) is 6.07 Å². The van der Waals surface area contributed by atoms with E-state index in [4.69, 9.17) is 9.47 Å². The topological polar surface area (TPSA) is 60.5 Å². The number of pyridine rings is 1. The predicted octanol–water partition coefficient (Wildman–Crippen LogP) is 4.49. The van der Waals surface area contributed by atoms with Crippen LogP contribution < -0.4 is 10.1 Å². The zero-order chi connectivity index (χ0) is 18.0. The average Bonchev–Trinajstić information content (AvgIpc) is 2.55. The van der Waals surface area contributed by atoms with Gasteiger partial charge in [-0.15, -0.1) is 0 Å². The third-order valence-electron chi connectivity index (χ3n) is 3.96. The van der Waals surface area contributed by atoms with E-state index in [-0.39, 0.29) is 5.91 Å². The quantitative estimate of drug-likeness (QED) is 0.605. The molecule has 1 amide bonds. The van der Waals surface area contributed by atoms with Gasteiger partial charge in [-0.1, -0.05) is 33.1 Å². The monoisotopic (exact) mass is 336 g/mol. The molecule has 0 aliphatic heterocycles. The maximum atomic E-state index is 12.7. The van der Waals surface area contributed by atoms with Crippen molar-refractivity contribution in [3.63, 3.8) is 0 Å². The molecule has 136 valence electrons. The third kappa shape index (κ3) is 6.11. The highest BCUT2D eigenvalue weighted by molar-refractivity contribution is 5.97. The van der Waals surface area contributed by atoms with Crippen LogP contribution in [0.4, 0.5) is 5.69 Å². The van der Waals surface area contributed by atoms with Crippen molar-refractivity contribution in [1.82, 2.24) is 4.98 Å². The minimum Gasteiger partial charge on any atom is -0.478 e. The first-order valence-corrected chi connectivity index (χ1v) is 9.02. The van der Waals surface area contributed by atoms with Crippen LogP contribution in [0.3, 0.4) is 0 Å². The highest BCUT2D eigenvalue weighted by Gasteiger charge is 2.33. The normalized spacial score (nSPS) is 13.4. The van der Waals surface area contributed by atoms with Crippen molar-refractivity contribution in [3.8, 4) is 5.88 Å². The standard InChI is InChI=1S/C19H32N2O3/c1-6-9-10-13-19(5,24-8-3)18(22)21-16-11-12-17(20-15(16)4)23-14-7-2/h11-12H,6-10,13-14H2,1-5H3,(H,21,22)/t19-/m1/s1. The first kappa shape index (κ1) is 20.4. The van der Waals surface area contributed by atoms with E-state index in [0.717, 1.165) is 31.4 Å². The number of nitrogens with zero attached hydrogens (tertiary/aromatic N) is 1. The highest BCUT2D eigenvalue weighted by Crippen LogP contribution is 2.24. The molecular weight excluding hydrogens is 304 g/mol. The van der Waals surface area contributed by atoms with Crippen molar-refractivity contribution >= 4 is 11.6 Å². The molecule has 0 saturated heterocycles. The summed E-state index contributed by atoms with van der Waals surface area (Å²) < 4.78 is 11.3. The summed E-state index contributed by atoms with van der Waals surface area (Å²) in [4.78, 5) is 17.1. The van der Waals surface area contributed by atoms with Crippen molar-refractivity contribution in [2.75, 3.05) is 18.5 Å². The molecule has 0 aliphatic rings. The SMILES string of the molecule is CCCCC[C@@](C)(OCC)C(=O)Nc1ccc(OCCC)nc1C. The number of hydrogen-bond acceptors (Lipinski definition) is 4. The van der Waals surface area contributed by atoms with E-state index < -0.39 is 5.60 Å². The number of carbonyl (C=O) groups is 1. The number of amides is 1. The third-order valence-corrected chi connectivity index (χ3v) is 3.96. The Bertz CT molecular complexity index is 519. The fourth-order valence-corrected chi connectivity index (χ4v) is 2.49. The van der Waals surface area contributed by atoms with Crippen molar-refractivity contribution in [2.24, 2.45) is 0 Å². The number of carbonyl (C=O) groups excluding carboxylic acids is 1. The fourth-order valence-electron chi connectivity index (χ4n) is 2.49. The van der Waals surface area contributed by atoms with Gasteiger partial charge in [0.25, 0.3) is 5.91 Å². The van der Waals surface area contributed by atoms with Crippen LogP contribution in [0.15, 0.2) is 12.1 Å². The lowest BCUT2D eigenvalue weighted by molar-refractivity contribution is -0.139. The van der Waals surface area contributed by atoms with Crippen molar-refractivity contribution < 1.29 is 14.3 Å². The predicted molar refractivity (Wildman–Crippen MR) is 97.6 cm³/mol. The summed E-state index contributed by atoms with van der Waals surface area (Å²) >= 11 is 0. The van der Waals surface area contributed by atoms with E-state index in [1.807, 2.05) is 26.8 Å². The van der Waals surface area contributed by atoms with Gasteiger partial charge in [-0.05, 0) is 39.7 Å². The van der Waals surface area contributed by atoms with Gasteiger partial charge in [0.1, 0.15) is 5.60 Å². The molecule has 0 fully saturated rings. The van der Waals surface area contributed by atoms with Crippen molar-refractivity contribution in [2.45, 2.75) is 72.3 Å². The number of rotatable bonds is 11. The van der Waals surface area contributed by atoms with Crippen LogP contribution in [-0.2, 0) is 9.53 Å². The zero-order valence-electron chi connectivity index (χ0n) is 15.8. The Hall–Kier alpha value is -1.62. The van der Waals surface area contributed by atoms with Gasteiger partial charge in [-0.25, -0.2) is 4.98 Å². The van der Waals surface area contributed by atoms with Gasteiger partial charge in [-0.2, -0.15) is 0 Å². The van der Waals surface area contributed by atoms with Crippen LogP contribution in [0, 0.1) is 6.92 Å². The maximum absolute atomic E-state index is 12.7. The number of aromatic nitrogens is 1. The molecule has 0 aliphatic carbocycles. The smallest absolute Gasteiger partial charge is 0.256 e. The lowest BCUT2D eigenvalue weighted by Crippen LogP contribution is -2.43. The molecule has 1 N–H and O–H groups in total. The van der Waals surface area contributed by atoms with E-state index in [1.165, 1.54) is 0 Å². The molecule has 0 radical (unpaired) electrons. The second kappa shape index (κ2) is 10.3. The zero-order valence-corrected chi connectivity index (χ0v) is 15.8. The Labute approximate surface area is 146 Å². The minimum atomic E-state index is -0.812. The molecule has 1 atom stereocenters. The summed E-state index contributed by atoms with van der Waals surface area (Å²) in [6.45, 7) is 11.0. The van der Waals surface area contributed by atoms with Crippen LogP contribution in [0.5, 0.6) is 5.88 Å². The number of nitrogens with one attached hydrogen (secondary N) is 1. The Morgan fingerprint density at radius 2 is 1.96 bits per heavy atom. The van der Waals surface area contributed by atoms with Gasteiger partial charge in [0.15, 0.2) is 0 Å². The molecule has 0 unspecified atom stereocenters. The number of anilines is 1. The van der Waals surface area contributed by atoms with E-state index in [9.17, 15) is 4.79 Å². The first-order valence-electron chi connectivity index (χ1n) is 9.02. The van der Waals surface area contributed by atoms with Gasteiger partial charge in [0.2, 0.25) is 5.88 Å². The largest absolute Gasteiger partial charge is 0.478 e. The van der Waals surface area contributed by atoms with E-state index in [2.05, 4.69) is 24.1 Å². The molecule has 0 bridgehead atoms. The summed E-state index contributed by atoms with van der Waals surface area (Å²) in [5.74, 6) is 0.468. The van der Waals surface area contributed by atoms with Crippen LogP contribution in [-0.4, -0.2) is 29.7 Å². The number of aryl methyl sites for hydroxylation is 1. The van der Waals surface area contributed by atoms with Gasteiger partial charge in [0, 0.05) is 12.7 Å². The summed E-state index contributed by atoms with van der Waals surface area (Å²) in [7, 11) is 0. The van der Waals surface area contributed by atoms with Crippen molar-refractivity contribution in [3.05, 3.63) is 17.8 Å². The molecule has 0 aromatic carbocycles. The molecule has 1 aromatic heterocycles. The number of hydrogen-bond donors (Lipinski definition) is 1. The Morgan fingerprint density at radius 1 is 1.21 bits per heavy atom. The van der Waals surface area contributed by atoms with Crippen LogP contribution in [0.1, 0.15) is 65.5 Å². The Morgan fingerprint density at radius 3 is 2.54 bits per heavy atom. The van der Waals surface area contributed by atoms with Crippen LogP contribution in [0.2, 0.25) is 0 Å². The van der Waals surface area contributed by atoms with E-state index in [0.29, 0.717) is 31.2 Å². The fraction of sp³-hybridized carbons (Fsp3) is 0.684. The number of unbranched alkanes of at least 4 members (excludes halogenated alkanes) is 2. The molecule has 1 heterocycles. The summed E-state index contributed by atoms with van der Waals surface area (Å²) in [5.41, 5.74) is 0.628. The second-order valence-electron chi connectivity index (χ2n) is 6.21. The van der Waals surface area contributed by atoms with Gasteiger partial charge >= 0.3 is 0 Å². The van der Waals surface area contributed by atoms with E-state index >= 15 is 0 Å². The van der Waals surface area contributed by atoms with Crippen molar-refractivity contribution in [1.29, 1.82) is 0 Å². The molecule has 5 heteroatoms. The number of ether oxygens (including phenoxy) is 2. The molecule has 1 aromatic rings. The Kier molecular flexibility index (Phi) is 8.76. The van der Waals surface area contributed by atoms with Gasteiger partial charge in [-0.3, -0.25) is 4.79 Å². The first-order chi connectivity index (χ1) is 11.5.